The Balaban J connectivity index is 1.61. The molecule has 0 aromatic heterocycles. The van der Waals surface area contributed by atoms with Gasteiger partial charge < -0.3 is 9.47 Å². The first-order chi connectivity index (χ1) is 12.5. The van der Waals surface area contributed by atoms with Crippen LogP contribution in [0.1, 0.15) is 18.1 Å². The van der Waals surface area contributed by atoms with E-state index in [2.05, 4.69) is 10.5 Å². The van der Waals surface area contributed by atoms with E-state index in [-0.39, 0.29) is 18.0 Å². The normalized spacial score (nSPS) is 13.2. The molecular formula is C18H17N3O5. The number of carbonyl (C=O) groups is 1. The van der Waals surface area contributed by atoms with Crippen molar-refractivity contribution in [3.8, 4) is 11.5 Å². The fraction of sp³-hybridized carbons (Fsp3) is 0.222. The maximum Gasteiger partial charge on any atom is 0.269 e. The first-order valence-corrected chi connectivity index (χ1v) is 7.99. The van der Waals surface area contributed by atoms with Crippen molar-refractivity contribution in [3.63, 3.8) is 0 Å². The van der Waals surface area contributed by atoms with Crippen molar-refractivity contribution in [1.82, 2.24) is 5.43 Å². The lowest BCUT2D eigenvalue weighted by atomic mass is 10.1. The lowest BCUT2D eigenvalue weighted by Gasteiger charge is -2.18. The monoisotopic (exact) mass is 355 g/mol. The minimum Gasteiger partial charge on any atom is -0.486 e. The number of hydrazone groups is 1. The number of nitro groups is 1. The number of hydrogen-bond acceptors (Lipinski definition) is 6. The first kappa shape index (κ1) is 17.4. The van der Waals surface area contributed by atoms with E-state index in [1.54, 1.807) is 19.1 Å². The molecule has 0 aliphatic carbocycles. The predicted octanol–water partition coefficient (Wildman–Crippen LogP) is 2.45. The lowest BCUT2D eigenvalue weighted by molar-refractivity contribution is -0.384. The molecule has 134 valence electrons. The molecular weight excluding hydrogens is 338 g/mol. The maximum atomic E-state index is 12.0. The van der Waals surface area contributed by atoms with Crippen LogP contribution in [0, 0.1) is 10.1 Å². The average molecular weight is 355 g/mol. The van der Waals surface area contributed by atoms with E-state index < -0.39 is 4.92 Å². The van der Waals surface area contributed by atoms with Gasteiger partial charge in [-0.1, -0.05) is 12.1 Å². The number of nitrogens with one attached hydrogen (secondary N) is 1. The van der Waals surface area contributed by atoms with E-state index in [0.29, 0.717) is 36.0 Å². The van der Waals surface area contributed by atoms with Crippen molar-refractivity contribution in [2.75, 3.05) is 13.2 Å². The summed E-state index contributed by atoms with van der Waals surface area (Å²) in [5, 5.41) is 14.7. The van der Waals surface area contributed by atoms with Gasteiger partial charge in [0.05, 0.1) is 17.1 Å². The van der Waals surface area contributed by atoms with Crippen molar-refractivity contribution in [3.05, 3.63) is 63.7 Å². The average Bonchev–Trinajstić information content (AvgIpc) is 2.66. The molecule has 2 aromatic rings. The Hall–Kier alpha value is -3.42. The Labute approximate surface area is 149 Å². The topological polar surface area (TPSA) is 103 Å². The van der Waals surface area contributed by atoms with Crippen molar-refractivity contribution in [1.29, 1.82) is 0 Å². The van der Waals surface area contributed by atoms with Gasteiger partial charge in [0.2, 0.25) is 5.91 Å². The van der Waals surface area contributed by atoms with Gasteiger partial charge in [0.15, 0.2) is 11.5 Å². The highest BCUT2D eigenvalue weighted by Gasteiger charge is 2.13. The van der Waals surface area contributed by atoms with Crippen LogP contribution in [0.3, 0.4) is 0 Å². The van der Waals surface area contributed by atoms with Crippen molar-refractivity contribution < 1.29 is 19.2 Å². The van der Waals surface area contributed by atoms with E-state index in [0.717, 1.165) is 5.56 Å². The first-order valence-electron chi connectivity index (χ1n) is 7.99. The molecule has 8 heteroatoms. The summed E-state index contributed by atoms with van der Waals surface area (Å²) in [6, 6.07) is 11.3. The van der Waals surface area contributed by atoms with Gasteiger partial charge in [0, 0.05) is 17.7 Å². The lowest BCUT2D eigenvalue weighted by Crippen LogP contribution is -2.21. The number of non-ortho nitro benzene ring substituents is 1. The van der Waals surface area contributed by atoms with Crippen molar-refractivity contribution in [2.24, 2.45) is 5.10 Å². The fourth-order valence-corrected chi connectivity index (χ4v) is 2.44. The zero-order chi connectivity index (χ0) is 18.5. The zero-order valence-electron chi connectivity index (χ0n) is 14.1. The summed E-state index contributed by atoms with van der Waals surface area (Å²) in [4.78, 5) is 22.1. The third kappa shape index (κ3) is 4.15. The van der Waals surface area contributed by atoms with Gasteiger partial charge in [-0.05, 0) is 30.7 Å². The molecule has 8 nitrogen and oxygen atoms in total. The van der Waals surface area contributed by atoms with Crippen molar-refractivity contribution >= 4 is 17.3 Å². The van der Waals surface area contributed by atoms with E-state index in [9.17, 15) is 14.9 Å². The Morgan fingerprint density at radius 2 is 1.85 bits per heavy atom. The van der Waals surface area contributed by atoms with E-state index in [1.165, 1.54) is 12.1 Å². The van der Waals surface area contributed by atoms with Crippen LogP contribution in [0.2, 0.25) is 0 Å². The third-order valence-electron chi connectivity index (χ3n) is 3.82. The van der Waals surface area contributed by atoms with E-state index in [4.69, 9.17) is 9.47 Å². The highest BCUT2D eigenvalue weighted by Crippen LogP contribution is 2.30. The molecule has 0 saturated carbocycles. The van der Waals surface area contributed by atoms with Crippen LogP contribution < -0.4 is 14.9 Å². The smallest absolute Gasteiger partial charge is 0.269 e. The van der Waals surface area contributed by atoms with E-state index in [1.807, 2.05) is 18.2 Å². The molecule has 26 heavy (non-hydrogen) atoms. The summed E-state index contributed by atoms with van der Waals surface area (Å²) >= 11 is 0. The SMILES string of the molecule is C/C(=N/NC(=O)Cc1ccc([N+](=O)[O-])cc1)c1ccc2c(c1)OCCO2. The minimum atomic E-state index is -0.481. The van der Waals surface area contributed by atoms with Crippen LogP contribution in [0.4, 0.5) is 5.69 Å². The second kappa shape index (κ2) is 7.64. The summed E-state index contributed by atoms with van der Waals surface area (Å²) in [6.45, 7) is 2.80. The molecule has 1 N–H and O–H groups in total. The molecule has 0 spiro atoms. The molecule has 0 fully saturated rings. The predicted molar refractivity (Wildman–Crippen MR) is 94.6 cm³/mol. The number of carbonyl (C=O) groups excluding carboxylic acids is 1. The van der Waals surface area contributed by atoms with Gasteiger partial charge in [-0.25, -0.2) is 5.43 Å². The van der Waals surface area contributed by atoms with Crippen LogP contribution >= 0.6 is 0 Å². The molecule has 0 unspecified atom stereocenters. The number of nitrogens with zero attached hydrogens (tertiary/aromatic N) is 2. The summed E-state index contributed by atoms with van der Waals surface area (Å²) in [5.74, 6) is 1.03. The van der Waals surface area contributed by atoms with E-state index >= 15 is 0 Å². The molecule has 0 radical (unpaired) electrons. The van der Waals surface area contributed by atoms with Gasteiger partial charge in [-0.15, -0.1) is 0 Å². The van der Waals surface area contributed by atoms with Gasteiger partial charge in [0.25, 0.3) is 5.69 Å². The minimum absolute atomic E-state index is 0.0124. The summed E-state index contributed by atoms with van der Waals surface area (Å²) in [6.07, 6.45) is 0.0793. The number of nitro benzene ring substituents is 1. The molecule has 0 bridgehead atoms. The standard InChI is InChI=1S/C18H17N3O5/c1-12(14-4-7-16-17(11-14)26-9-8-25-16)19-20-18(22)10-13-2-5-15(6-3-13)21(23)24/h2-7,11H,8-10H2,1H3,(H,20,22)/b19-12-. The number of benzene rings is 2. The molecule has 0 atom stereocenters. The zero-order valence-corrected chi connectivity index (χ0v) is 14.1. The number of fused-ring (bicyclic) bond motifs is 1. The molecule has 1 aliphatic rings. The summed E-state index contributed by atoms with van der Waals surface area (Å²) in [7, 11) is 0. The third-order valence-corrected chi connectivity index (χ3v) is 3.82. The fourth-order valence-electron chi connectivity index (χ4n) is 2.44. The quantitative estimate of drug-likeness (QED) is 0.504. The number of rotatable bonds is 5. The Bertz CT molecular complexity index is 862. The molecule has 1 aliphatic heterocycles. The number of hydrogen-bond donors (Lipinski definition) is 1. The summed E-state index contributed by atoms with van der Waals surface area (Å²) < 4.78 is 11.0. The van der Waals surface area contributed by atoms with Gasteiger partial charge in [0.1, 0.15) is 13.2 Å². The molecule has 3 rings (SSSR count). The van der Waals surface area contributed by atoms with Crippen LogP contribution in [0.5, 0.6) is 11.5 Å². The highest BCUT2D eigenvalue weighted by molar-refractivity contribution is 5.99. The second-order valence-electron chi connectivity index (χ2n) is 5.69. The Morgan fingerprint density at radius 3 is 2.54 bits per heavy atom. The number of ether oxygens (including phenoxy) is 2. The van der Waals surface area contributed by atoms with Crippen LogP contribution in [-0.2, 0) is 11.2 Å². The molecule has 2 aromatic carbocycles. The van der Waals surface area contributed by atoms with Gasteiger partial charge in [-0.2, -0.15) is 5.10 Å². The summed E-state index contributed by atoms with van der Waals surface area (Å²) in [5.41, 5.74) is 4.58. The molecule has 1 heterocycles. The largest absolute Gasteiger partial charge is 0.486 e. The van der Waals surface area contributed by atoms with Gasteiger partial charge >= 0.3 is 0 Å². The molecule has 0 saturated heterocycles. The molecule has 1 amide bonds. The van der Waals surface area contributed by atoms with Gasteiger partial charge in [-0.3, -0.25) is 14.9 Å². The highest BCUT2D eigenvalue weighted by atomic mass is 16.6. The van der Waals surface area contributed by atoms with Crippen LogP contribution in [0.25, 0.3) is 0 Å². The van der Waals surface area contributed by atoms with Crippen LogP contribution in [0.15, 0.2) is 47.6 Å². The second-order valence-corrected chi connectivity index (χ2v) is 5.69. The van der Waals surface area contributed by atoms with Crippen LogP contribution in [-0.4, -0.2) is 29.8 Å². The Morgan fingerprint density at radius 1 is 1.15 bits per heavy atom. The maximum absolute atomic E-state index is 12.0. The van der Waals surface area contributed by atoms with Crippen molar-refractivity contribution in [2.45, 2.75) is 13.3 Å². The number of amides is 1. The Kier molecular flexibility index (Phi) is 5.12.